The van der Waals surface area contributed by atoms with Crippen LogP contribution in [-0.2, 0) is 5.54 Å². The van der Waals surface area contributed by atoms with Crippen molar-refractivity contribution in [2.24, 2.45) is 0 Å². The molecule has 1 atom stereocenters. The minimum atomic E-state index is -1.84. The summed E-state index contributed by atoms with van der Waals surface area (Å²) in [5.74, 6) is 0.832. The third-order valence-corrected chi connectivity index (χ3v) is 6.14. The molecule has 0 radical (unpaired) electrons. The molecule has 2 N–H and O–H groups in total. The highest BCUT2D eigenvalue weighted by molar-refractivity contribution is 5.97. The number of nitrogens with zero attached hydrogens (tertiary/aromatic N) is 1. The lowest BCUT2D eigenvalue weighted by molar-refractivity contribution is 0.0930. The maximum absolute atomic E-state index is 13.4. The molecule has 1 aliphatic carbocycles. The molecule has 3 aromatic rings. The van der Waals surface area contributed by atoms with E-state index in [1.807, 2.05) is 31.2 Å². The maximum Gasteiger partial charge on any atom is 0.252 e. The van der Waals surface area contributed by atoms with Gasteiger partial charge in [-0.1, -0.05) is 12.1 Å². The summed E-state index contributed by atoms with van der Waals surface area (Å²) >= 11 is 0. The van der Waals surface area contributed by atoms with Gasteiger partial charge in [-0.2, -0.15) is 0 Å². The lowest BCUT2D eigenvalue weighted by Gasteiger charge is -2.27. The second kappa shape index (κ2) is 7.85. The second-order valence-corrected chi connectivity index (χ2v) is 8.27. The Kier molecular flexibility index (Phi) is 4.45. The van der Waals surface area contributed by atoms with Crippen molar-refractivity contribution >= 4 is 16.8 Å². The van der Waals surface area contributed by atoms with E-state index in [9.17, 15) is 4.79 Å². The number of fused-ring (bicyclic) bond motifs is 1. The molecule has 6 heteroatoms. The number of carbonyl (C=O) groups is 1. The van der Waals surface area contributed by atoms with Gasteiger partial charge < -0.3 is 20.1 Å². The van der Waals surface area contributed by atoms with E-state index in [-0.39, 0.29) is 11.9 Å². The Morgan fingerprint density at radius 1 is 1.29 bits per heavy atom. The molecule has 0 unspecified atom stereocenters. The number of aromatic nitrogens is 1. The molecule has 31 heavy (non-hydrogen) atoms. The number of rotatable bonds is 7. The molecule has 0 bridgehead atoms. The number of carbonyl (C=O) groups excluding carboxylic acids is 1. The van der Waals surface area contributed by atoms with Crippen LogP contribution in [0.25, 0.3) is 10.9 Å². The number of aryl methyl sites for hydroxylation is 1. The van der Waals surface area contributed by atoms with Gasteiger partial charge in [0.05, 0.1) is 20.9 Å². The average molecular weight is 420 g/mol. The lowest BCUT2D eigenvalue weighted by atomic mass is 9.97. The van der Waals surface area contributed by atoms with Crippen LogP contribution < -0.4 is 20.1 Å². The number of hydrogen-bond acceptors (Lipinski definition) is 5. The molecule has 0 spiro atoms. The Bertz CT molecular complexity index is 1220. The van der Waals surface area contributed by atoms with E-state index in [0.29, 0.717) is 17.1 Å². The molecular weight excluding hydrogens is 390 g/mol. The number of methoxy groups -OCH3 is 1. The number of ether oxygens (including phenoxy) is 2. The van der Waals surface area contributed by atoms with Crippen molar-refractivity contribution in [3.05, 3.63) is 65.4 Å². The van der Waals surface area contributed by atoms with Gasteiger partial charge in [-0.15, -0.1) is 0 Å². The fourth-order valence-electron chi connectivity index (χ4n) is 3.98. The van der Waals surface area contributed by atoms with E-state index in [1.165, 1.54) is 0 Å². The zero-order valence-corrected chi connectivity index (χ0v) is 17.7. The van der Waals surface area contributed by atoms with E-state index < -0.39 is 12.1 Å². The first-order valence-electron chi connectivity index (χ1n) is 11.6. The first-order valence-corrected chi connectivity index (χ1v) is 10.6. The number of nitrogens with one attached hydrogen (secondary N) is 2. The Morgan fingerprint density at radius 3 is 2.84 bits per heavy atom. The summed E-state index contributed by atoms with van der Waals surface area (Å²) in [6.07, 6.45) is 4.11. The van der Waals surface area contributed by atoms with Gasteiger partial charge in [0.25, 0.3) is 5.91 Å². The number of amides is 1. The summed E-state index contributed by atoms with van der Waals surface area (Å²) < 4.78 is 27.5. The van der Waals surface area contributed by atoms with Crippen molar-refractivity contribution in [3.8, 4) is 11.5 Å². The fraction of sp³-hybridized carbons (Fsp3) is 0.360. The van der Waals surface area contributed by atoms with E-state index in [0.717, 1.165) is 47.8 Å². The van der Waals surface area contributed by atoms with Crippen LogP contribution in [0.15, 0.2) is 48.7 Å². The zero-order chi connectivity index (χ0) is 23.2. The van der Waals surface area contributed by atoms with Crippen molar-refractivity contribution in [2.75, 3.05) is 20.2 Å². The fourth-order valence-corrected chi connectivity index (χ4v) is 3.98. The average Bonchev–Trinajstić information content (AvgIpc) is 3.52. The van der Waals surface area contributed by atoms with Gasteiger partial charge in [-0.05, 0) is 68.1 Å². The Morgan fingerprint density at radius 2 is 2.13 bits per heavy atom. The first-order chi connectivity index (χ1) is 15.8. The van der Waals surface area contributed by atoms with Crippen molar-refractivity contribution < 1.29 is 17.0 Å². The van der Waals surface area contributed by atoms with E-state index >= 15 is 0 Å². The van der Waals surface area contributed by atoms with Crippen molar-refractivity contribution in [2.45, 2.75) is 37.8 Å². The second-order valence-electron chi connectivity index (χ2n) is 8.27. The quantitative estimate of drug-likeness (QED) is 0.611. The molecular formula is C25H27N3O3. The van der Waals surface area contributed by atoms with Gasteiger partial charge in [0, 0.05) is 29.3 Å². The number of hydrogen-bond donors (Lipinski definition) is 2. The minimum Gasteiger partial charge on any atom is -0.497 e. The Hall–Kier alpha value is -3.12. The predicted octanol–water partition coefficient (Wildman–Crippen LogP) is 3.71. The van der Waals surface area contributed by atoms with Crippen molar-refractivity contribution in [1.82, 2.24) is 15.6 Å². The number of pyridine rings is 1. The standard InChI is InChI=1S/C25H27N3O3/c1-16-5-6-18(31-15-17-7-11-26-17)12-21(16)24(29)28-25(8-9-25)22-13-19(30-2)14-23-20(22)4-3-10-27-23/h3-6,10,12-14,17,26H,7-9,11,15H2,1-2H3,(H,28,29)/t17-/m0/s1/i15D2. The SMILES string of the molecule is [2H]C([2H])(Oc1ccc(C)c(C(=O)NC2(c3cc(OC)cc4ncccc34)CC2)c1)[C@@H]1CCN1. The van der Waals surface area contributed by atoms with Crippen LogP contribution in [0.5, 0.6) is 11.5 Å². The van der Waals surface area contributed by atoms with Crippen LogP contribution in [0, 0.1) is 6.92 Å². The molecule has 1 aromatic heterocycles. The summed E-state index contributed by atoms with van der Waals surface area (Å²) in [6.45, 7) is 0.808. The molecule has 160 valence electrons. The highest BCUT2D eigenvalue weighted by Crippen LogP contribution is 2.49. The van der Waals surface area contributed by atoms with Crippen LogP contribution in [-0.4, -0.2) is 37.1 Å². The zero-order valence-electron chi connectivity index (χ0n) is 19.7. The molecule has 1 aliphatic heterocycles. The molecule has 6 nitrogen and oxygen atoms in total. The summed E-state index contributed by atoms with van der Waals surface area (Å²) in [5, 5.41) is 7.27. The number of benzene rings is 2. The van der Waals surface area contributed by atoms with Gasteiger partial charge in [0.15, 0.2) is 0 Å². The Balaban J connectivity index is 1.43. The van der Waals surface area contributed by atoms with E-state index in [2.05, 4.69) is 15.6 Å². The molecule has 2 fully saturated rings. The normalized spacial score (nSPS) is 20.3. The molecule has 2 aromatic carbocycles. The monoisotopic (exact) mass is 419 g/mol. The summed E-state index contributed by atoms with van der Waals surface area (Å²) in [6, 6.07) is 12.6. The van der Waals surface area contributed by atoms with Gasteiger partial charge >= 0.3 is 0 Å². The van der Waals surface area contributed by atoms with E-state index in [4.69, 9.17) is 12.2 Å². The third-order valence-electron chi connectivity index (χ3n) is 6.14. The van der Waals surface area contributed by atoms with Crippen LogP contribution in [0.3, 0.4) is 0 Å². The maximum atomic E-state index is 13.4. The van der Waals surface area contributed by atoms with Gasteiger partial charge in [0.2, 0.25) is 0 Å². The molecule has 1 amide bonds. The summed E-state index contributed by atoms with van der Waals surface area (Å²) in [7, 11) is 1.62. The molecule has 2 heterocycles. The Labute approximate surface area is 184 Å². The largest absolute Gasteiger partial charge is 0.497 e. The highest BCUT2D eigenvalue weighted by Gasteiger charge is 2.47. The smallest absolute Gasteiger partial charge is 0.252 e. The predicted molar refractivity (Wildman–Crippen MR) is 120 cm³/mol. The molecule has 2 aliphatic rings. The van der Waals surface area contributed by atoms with Crippen molar-refractivity contribution in [3.63, 3.8) is 0 Å². The topological polar surface area (TPSA) is 72.5 Å². The van der Waals surface area contributed by atoms with Crippen molar-refractivity contribution in [1.29, 1.82) is 0 Å². The highest BCUT2D eigenvalue weighted by atomic mass is 16.5. The first kappa shape index (κ1) is 17.5. The van der Waals surface area contributed by atoms with Crippen LogP contribution in [0.2, 0.25) is 0 Å². The van der Waals surface area contributed by atoms with Crippen LogP contribution >= 0.6 is 0 Å². The van der Waals surface area contributed by atoms with Crippen LogP contribution in [0.1, 0.15) is 43.5 Å². The van der Waals surface area contributed by atoms with Gasteiger partial charge in [0.1, 0.15) is 18.1 Å². The van der Waals surface area contributed by atoms with E-state index in [1.54, 1.807) is 31.5 Å². The summed E-state index contributed by atoms with van der Waals surface area (Å²) in [4.78, 5) is 17.8. The molecule has 1 saturated heterocycles. The molecule has 1 saturated carbocycles. The minimum absolute atomic E-state index is 0.211. The molecule has 5 rings (SSSR count). The van der Waals surface area contributed by atoms with Gasteiger partial charge in [-0.3, -0.25) is 9.78 Å². The van der Waals surface area contributed by atoms with Crippen LogP contribution in [0.4, 0.5) is 0 Å². The van der Waals surface area contributed by atoms with Gasteiger partial charge in [-0.25, -0.2) is 0 Å². The summed E-state index contributed by atoms with van der Waals surface area (Å²) in [5.41, 5.74) is 2.61. The third kappa shape index (κ3) is 3.83. The lowest BCUT2D eigenvalue weighted by Crippen LogP contribution is -2.46.